The van der Waals surface area contributed by atoms with Gasteiger partial charge in [-0.2, -0.15) is 0 Å². The van der Waals surface area contributed by atoms with Gasteiger partial charge in [0.25, 0.3) is 0 Å². The molecule has 0 aromatic heterocycles. The van der Waals surface area contributed by atoms with Crippen molar-refractivity contribution in [2.24, 2.45) is 5.73 Å². The predicted molar refractivity (Wildman–Crippen MR) is 63.9 cm³/mol. The third-order valence-electron chi connectivity index (χ3n) is 2.09. The van der Waals surface area contributed by atoms with Crippen LogP contribution in [0, 0.1) is 0 Å². The van der Waals surface area contributed by atoms with Gasteiger partial charge in [0.2, 0.25) is 0 Å². The Labute approximate surface area is 98.8 Å². The smallest absolute Gasteiger partial charge is 0.324 e. The molecule has 16 heavy (non-hydrogen) atoms. The van der Waals surface area contributed by atoms with Crippen molar-refractivity contribution in [3.8, 4) is 5.75 Å². The van der Waals surface area contributed by atoms with Gasteiger partial charge in [-0.25, -0.2) is 0 Å². The summed E-state index contributed by atoms with van der Waals surface area (Å²) in [7, 11) is 1.58. The fourth-order valence-corrected chi connectivity index (χ4v) is 2.07. The SMILES string of the molecule is COc1ccccc1SCC(C)(N)C(=O)O. The molecule has 1 unspecified atom stereocenters. The van der Waals surface area contributed by atoms with E-state index in [1.54, 1.807) is 7.11 Å². The van der Waals surface area contributed by atoms with E-state index in [2.05, 4.69) is 0 Å². The summed E-state index contributed by atoms with van der Waals surface area (Å²) in [4.78, 5) is 11.7. The Hall–Kier alpha value is -1.20. The molecular formula is C11H15NO3S. The first-order valence-electron chi connectivity index (χ1n) is 4.75. The number of benzene rings is 1. The number of hydrogen-bond acceptors (Lipinski definition) is 4. The molecule has 1 atom stereocenters. The van der Waals surface area contributed by atoms with Crippen LogP contribution in [0.3, 0.4) is 0 Å². The molecule has 1 aromatic rings. The molecule has 0 spiro atoms. The van der Waals surface area contributed by atoms with Crippen molar-refractivity contribution < 1.29 is 14.6 Å². The Bertz CT molecular complexity index is 379. The van der Waals surface area contributed by atoms with E-state index in [0.717, 1.165) is 10.6 Å². The van der Waals surface area contributed by atoms with Gasteiger partial charge in [-0.05, 0) is 19.1 Å². The highest BCUT2D eigenvalue weighted by molar-refractivity contribution is 7.99. The quantitative estimate of drug-likeness (QED) is 0.766. The van der Waals surface area contributed by atoms with Gasteiger partial charge in [0.15, 0.2) is 0 Å². The Morgan fingerprint density at radius 1 is 1.56 bits per heavy atom. The first-order chi connectivity index (χ1) is 7.47. The number of carboxylic acids is 1. The van der Waals surface area contributed by atoms with Crippen LogP contribution in [-0.4, -0.2) is 29.5 Å². The number of hydrogen-bond donors (Lipinski definition) is 2. The van der Waals surface area contributed by atoms with Crippen molar-refractivity contribution in [1.82, 2.24) is 0 Å². The van der Waals surface area contributed by atoms with E-state index in [1.165, 1.54) is 18.7 Å². The van der Waals surface area contributed by atoms with Gasteiger partial charge >= 0.3 is 5.97 Å². The highest BCUT2D eigenvalue weighted by Crippen LogP contribution is 2.30. The summed E-state index contributed by atoms with van der Waals surface area (Å²) in [6.07, 6.45) is 0. The second-order valence-corrected chi connectivity index (χ2v) is 4.68. The Balaban J connectivity index is 2.71. The summed E-state index contributed by atoms with van der Waals surface area (Å²) < 4.78 is 5.16. The molecule has 0 fully saturated rings. The van der Waals surface area contributed by atoms with E-state index in [-0.39, 0.29) is 0 Å². The van der Waals surface area contributed by atoms with Gasteiger partial charge in [-0.15, -0.1) is 11.8 Å². The number of aliphatic carboxylic acids is 1. The highest BCUT2D eigenvalue weighted by Gasteiger charge is 2.28. The van der Waals surface area contributed by atoms with Crippen LogP contribution in [0.4, 0.5) is 0 Å². The lowest BCUT2D eigenvalue weighted by molar-refractivity contribution is -0.141. The number of carboxylic acid groups (broad SMARTS) is 1. The second kappa shape index (κ2) is 5.23. The largest absolute Gasteiger partial charge is 0.496 e. The summed E-state index contributed by atoms with van der Waals surface area (Å²) in [5, 5.41) is 8.88. The highest BCUT2D eigenvalue weighted by atomic mass is 32.2. The summed E-state index contributed by atoms with van der Waals surface area (Å²) in [5.41, 5.74) is 4.41. The molecule has 4 nitrogen and oxygen atoms in total. The molecule has 0 heterocycles. The van der Waals surface area contributed by atoms with Gasteiger partial charge < -0.3 is 15.6 Å². The van der Waals surface area contributed by atoms with Gasteiger partial charge in [-0.1, -0.05) is 12.1 Å². The van der Waals surface area contributed by atoms with E-state index >= 15 is 0 Å². The number of methoxy groups -OCH3 is 1. The summed E-state index contributed by atoms with van der Waals surface area (Å²) in [6.45, 7) is 1.50. The van der Waals surface area contributed by atoms with E-state index in [4.69, 9.17) is 15.6 Å². The maximum atomic E-state index is 10.8. The van der Waals surface area contributed by atoms with E-state index in [1.807, 2.05) is 24.3 Å². The molecule has 0 bridgehead atoms. The molecule has 0 aliphatic rings. The first kappa shape index (κ1) is 12.9. The normalized spacial score (nSPS) is 14.2. The molecule has 0 saturated heterocycles. The maximum Gasteiger partial charge on any atom is 0.324 e. The summed E-state index contributed by atoms with van der Waals surface area (Å²) in [6, 6.07) is 7.44. The molecule has 1 aromatic carbocycles. The lowest BCUT2D eigenvalue weighted by Crippen LogP contribution is -2.47. The summed E-state index contributed by atoms with van der Waals surface area (Å²) >= 11 is 1.38. The van der Waals surface area contributed by atoms with Crippen LogP contribution in [0.5, 0.6) is 5.75 Å². The number of carbonyl (C=O) groups is 1. The van der Waals surface area contributed by atoms with E-state index in [9.17, 15) is 4.79 Å². The third-order valence-corrected chi connectivity index (χ3v) is 3.48. The molecule has 0 aliphatic carbocycles. The second-order valence-electron chi connectivity index (χ2n) is 3.66. The van der Waals surface area contributed by atoms with Gasteiger partial charge in [-0.3, -0.25) is 4.79 Å². The third kappa shape index (κ3) is 3.15. The molecular weight excluding hydrogens is 226 g/mol. The van der Waals surface area contributed by atoms with Crippen molar-refractivity contribution in [2.45, 2.75) is 17.4 Å². The Morgan fingerprint density at radius 3 is 2.75 bits per heavy atom. The van der Waals surface area contributed by atoms with Crippen LogP contribution < -0.4 is 10.5 Å². The minimum atomic E-state index is -1.23. The molecule has 0 saturated carbocycles. The molecule has 1 rings (SSSR count). The van der Waals surface area contributed by atoms with Crippen LogP contribution in [-0.2, 0) is 4.79 Å². The lowest BCUT2D eigenvalue weighted by atomic mass is 10.1. The van der Waals surface area contributed by atoms with Crippen LogP contribution in [0.15, 0.2) is 29.2 Å². The average Bonchev–Trinajstić information content (AvgIpc) is 2.26. The zero-order valence-electron chi connectivity index (χ0n) is 9.27. The first-order valence-corrected chi connectivity index (χ1v) is 5.74. The monoisotopic (exact) mass is 241 g/mol. The Kier molecular flexibility index (Phi) is 4.20. The van der Waals surface area contributed by atoms with Crippen LogP contribution in [0.1, 0.15) is 6.92 Å². The van der Waals surface area contributed by atoms with Crippen molar-refractivity contribution in [2.75, 3.05) is 12.9 Å². The van der Waals surface area contributed by atoms with Gasteiger partial charge in [0.1, 0.15) is 11.3 Å². The number of ether oxygens (including phenoxy) is 1. The molecule has 3 N–H and O–H groups in total. The number of nitrogens with two attached hydrogens (primary N) is 1. The number of para-hydroxylation sites is 1. The molecule has 5 heteroatoms. The van der Waals surface area contributed by atoms with Gasteiger partial charge in [0.05, 0.1) is 7.11 Å². The zero-order chi connectivity index (χ0) is 12.2. The van der Waals surface area contributed by atoms with Crippen molar-refractivity contribution in [1.29, 1.82) is 0 Å². The molecule has 0 aliphatic heterocycles. The minimum absolute atomic E-state index is 0.294. The van der Waals surface area contributed by atoms with E-state index in [0.29, 0.717) is 5.75 Å². The molecule has 0 amide bonds. The molecule has 0 radical (unpaired) electrons. The van der Waals surface area contributed by atoms with Crippen LogP contribution >= 0.6 is 11.8 Å². The van der Waals surface area contributed by atoms with Crippen molar-refractivity contribution in [3.05, 3.63) is 24.3 Å². The van der Waals surface area contributed by atoms with E-state index < -0.39 is 11.5 Å². The number of rotatable bonds is 5. The lowest BCUT2D eigenvalue weighted by Gasteiger charge is -2.18. The van der Waals surface area contributed by atoms with Gasteiger partial charge in [0, 0.05) is 10.6 Å². The van der Waals surface area contributed by atoms with Crippen LogP contribution in [0.25, 0.3) is 0 Å². The topological polar surface area (TPSA) is 72.5 Å². The van der Waals surface area contributed by atoms with Crippen molar-refractivity contribution in [3.63, 3.8) is 0 Å². The minimum Gasteiger partial charge on any atom is -0.496 e. The number of thioether (sulfide) groups is 1. The van der Waals surface area contributed by atoms with Crippen molar-refractivity contribution >= 4 is 17.7 Å². The predicted octanol–water partition coefficient (Wildman–Crippen LogP) is 1.59. The standard InChI is InChI=1S/C11H15NO3S/c1-11(12,10(13)14)7-16-9-6-4-3-5-8(9)15-2/h3-6H,7,12H2,1-2H3,(H,13,14). The maximum absolute atomic E-state index is 10.8. The summed E-state index contributed by atoms with van der Waals surface area (Å²) in [5.74, 6) is 0.0199. The molecule has 88 valence electrons. The fourth-order valence-electron chi connectivity index (χ4n) is 1.03. The fraction of sp³-hybridized carbons (Fsp3) is 0.364. The zero-order valence-corrected chi connectivity index (χ0v) is 10.1. The Morgan fingerprint density at radius 2 is 2.19 bits per heavy atom. The van der Waals surface area contributed by atoms with Crippen LogP contribution in [0.2, 0.25) is 0 Å². The average molecular weight is 241 g/mol.